The summed E-state index contributed by atoms with van der Waals surface area (Å²) in [5.41, 5.74) is 2.52. The van der Waals surface area contributed by atoms with Crippen LogP contribution < -0.4 is 0 Å². The highest BCUT2D eigenvalue weighted by Crippen LogP contribution is 2.14. The molecule has 50 valence electrons. The number of aliphatic hydroxyl groups is 1. The summed E-state index contributed by atoms with van der Waals surface area (Å²) in [5.74, 6) is 0. The van der Waals surface area contributed by atoms with Crippen molar-refractivity contribution in [2.24, 2.45) is 0 Å². The molecule has 0 aliphatic heterocycles. The molecule has 1 aromatic rings. The molecule has 0 bridgehead atoms. The van der Waals surface area contributed by atoms with Crippen LogP contribution in [0.5, 0.6) is 0 Å². The minimum absolute atomic E-state index is 0.365. The van der Waals surface area contributed by atoms with E-state index in [9.17, 15) is 0 Å². The van der Waals surface area contributed by atoms with E-state index in [4.69, 9.17) is 5.11 Å². The van der Waals surface area contributed by atoms with E-state index < -0.39 is 0 Å². The molecule has 1 rings (SSSR count). The van der Waals surface area contributed by atoms with Gasteiger partial charge in [-0.15, -0.1) is 11.3 Å². The number of rotatable bonds is 2. The van der Waals surface area contributed by atoms with Crippen LogP contribution in [0.3, 0.4) is 0 Å². The molecule has 0 saturated carbocycles. The van der Waals surface area contributed by atoms with E-state index in [1.54, 1.807) is 5.51 Å². The number of nitrogens with zero attached hydrogens (tertiary/aromatic N) is 1. The Morgan fingerprint density at radius 3 is 3.11 bits per heavy atom. The highest BCUT2D eigenvalue weighted by atomic mass is 32.1. The van der Waals surface area contributed by atoms with Crippen molar-refractivity contribution in [2.45, 2.75) is 19.4 Å². The van der Waals surface area contributed by atoms with E-state index >= 15 is 0 Å². The fourth-order valence-electron chi connectivity index (χ4n) is 0.596. The zero-order valence-corrected chi connectivity index (χ0v) is 6.06. The Hall–Kier alpha value is -0.410. The molecule has 0 amide bonds. The van der Waals surface area contributed by atoms with E-state index in [-0.39, 0.29) is 6.10 Å². The Bertz CT molecular complexity index is 162. The summed E-state index contributed by atoms with van der Waals surface area (Å²) in [6, 6.07) is 0. The van der Waals surface area contributed by atoms with Gasteiger partial charge in [-0.1, -0.05) is 6.92 Å². The standard InChI is InChI=1S/C6H9NOS/c1-2-6(8)5-3-9-4-7-5/h3-4,6,8H,2H2,1H3/t6-/m0/s1. The van der Waals surface area contributed by atoms with Gasteiger partial charge in [0.15, 0.2) is 0 Å². The second-order valence-electron chi connectivity index (χ2n) is 1.84. The molecular weight excluding hydrogens is 134 g/mol. The zero-order valence-electron chi connectivity index (χ0n) is 5.24. The first-order valence-corrected chi connectivity index (χ1v) is 3.85. The molecule has 0 radical (unpaired) electrons. The Balaban J connectivity index is 2.65. The van der Waals surface area contributed by atoms with Crippen molar-refractivity contribution < 1.29 is 5.11 Å². The van der Waals surface area contributed by atoms with Crippen LogP contribution in [0.4, 0.5) is 0 Å². The minimum atomic E-state index is -0.365. The van der Waals surface area contributed by atoms with Gasteiger partial charge in [-0.3, -0.25) is 0 Å². The third-order valence-electron chi connectivity index (χ3n) is 1.18. The molecule has 0 aliphatic carbocycles. The van der Waals surface area contributed by atoms with Crippen LogP contribution in [0, 0.1) is 0 Å². The van der Waals surface area contributed by atoms with Crippen LogP contribution in [0.1, 0.15) is 25.1 Å². The van der Waals surface area contributed by atoms with Gasteiger partial charge in [-0.25, -0.2) is 4.98 Å². The van der Waals surface area contributed by atoms with Crippen molar-refractivity contribution in [3.05, 3.63) is 16.6 Å². The molecule has 0 fully saturated rings. The predicted molar refractivity (Wildman–Crippen MR) is 37.4 cm³/mol. The molecule has 0 unspecified atom stereocenters. The van der Waals surface area contributed by atoms with Crippen molar-refractivity contribution in [3.8, 4) is 0 Å². The summed E-state index contributed by atoms with van der Waals surface area (Å²) in [5, 5.41) is 11.0. The quantitative estimate of drug-likeness (QED) is 0.682. The van der Waals surface area contributed by atoms with E-state index in [1.807, 2.05) is 12.3 Å². The first kappa shape index (κ1) is 6.71. The van der Waals surface area contributed by atoms with Gasteiger partial charge in [0.1, 0.15) is 0 Å². The molecule has 1 heterocycles. The van der Waals surface area contributed by atoms with Gasteiger partial charge in [0.05, 0.1) is 17.3 Å². The van der Waals surface area contributed by atoms with Gasteiger partial charge in [0, 0.05) is 5.38 Å². The second-order valence-corrected chi connectivity index (χ2v) is 2.56. The Labute approximate surface area is 58.2 Å². The van der Waals surface area contributed by atoms with Crippen LogP contribution in [0.15, 0.2) is 10.9 Å². The van der Waals surface area contributed by atoms with Gasteiger partial charge < -0.3 is 5.11 Å². The fourth-order valence-corrected chi connectivity index (χ4v) is 1.20. The highest BCUT2D eigenvalue weighted by Gasteiger charge is 2.04. The average molecular weight is 143 g/mol. The maximum absolute atomic E-state index is 9.16. The monoisotopic (exact) mass is 143 g/mol. The third-order valence-corrected chi connectivity index (χ3v) is 1.78. The van der Waals surface area contributed by atoms with Crippen molar-refractivity contribution in [1.82, 2.24) is 4.98 Å². The third kappa shape index (κ3) is 1.50. The lowest BCUT2D eigenvalue weighted by molar-refractivity contribution is 0.169. The number of thiazole rings is 1. The van der Waals surface area contributed by atoms with Crippen molar-refractivity contribution in [2.75, 3.05) is 0 Å². The smallest absolute Gasteiger partial charge is 0.0965 e. The maximum atomic E-state index is 9.16. The molecule has 1 N–H and O–H groups in total. The number of aromatic nitrogens is 1. The lowest BCUT2D eigenvalue weighted by atomic mass is 10.2. The number of hydrogen-bond donors (Lipinski definition) is 1. The molecule has 3 heteroatoms. The minimum Gasteiger partial charge on any atom is -0.387 e. The fraction of sp³-hybridized carbons (Fsp3) is 0.500. The van der Waals surface area contributed by atoms with Crippen LogP contribution in [-0.2, 0) is 0 Å². The average Bonchev–Trinajstić information content (AvgIpc) is 2.37. The molecule has 0 spiro atoms. The summed E-state index contributed by atoms with van der Waals surface area (Å²) in [6.45, 7) is 1.93. The van der Waals surface area contributed by atoms with Crippen LogP contribution in [-0.4, -0.2) is 10.1 Å². The first-order valence-electron chi connectivity index (χ1n) is 2.90. The normalized spacial score (nSPS) is 13.6. The summed E-state index contributed by atoms with van der Waals surface area (Å²) in [6.07, 6.45) is 0.375. The molecule has 2 nitrogen and oxygen atoms in total. The number of aliphatic hydroxyl groups excluding tert-OH is 1. The molecular formula is C6H9NOS. The van der Waals surface area contributed by atoms with Crippen molar-refractivity contribution >= 4 is 11.3 Å². The van der Waals surface area contributed by atoms with Crippen molar-refractivity contribution in [3.63, 3.8) is 0 Å². The van der Waals surface area contributed by atoms with E-state index in [0.29, 0.717) is 0 Å². The lowest BCUT2D eigenvalue weighted by Crippen LogP contribution is -1.93. The van der Waals surface area contributed by atoms with Crippen LogP contribution in [0.2, 0.25) is 0 Å². The molecule has 9 heavy (non-hydrogen) atoms. The van der Waals surface area contributed by atoms with Gasteiger partial charge in [-0.2, -0.15) is 0 Å². The van der Waals surface area contributed by atoms with Crippen molar-refractivity contribution in [1.29, 1.82) is 0 Å². The van der Waals surface area contributed by atoms with Gasteiger partial charge >= 0.3 is 0 Å². The summed E-state index contributed by atoms with van der Waals surface area (Å²) >= 11 is 1.51. The predicted octanol–water partition coefficient (Wildman–Crippen LogP) is 1.59. The summed E-state index contributed by atoms with van der Waals surface area (Å²) in [7, 11) is 0. The second kappa shape index (κ2) is 2.94. The Kier molecular flexibility index (Phi) is 2.19. The first-order chi connectivity index (χ1) is 4.34. The van der Waals surface area contributed by atoms with Crippen LogP contribution in [0.25, 0.3) is 0 Å². The molecule has 1 atom stereocenters. The zero-order chi connectivity index (χ0) is 6.69. The number of hydrogen-bond acceptors (Lipinski definition) is 3. The summed E-state index contributed by atoms with van der Waals surface area (Å²) in [4.78, 5) is 3.96. The SMILES string of the molecule is CC[C@H](O)c1cscn1. The molecule has 0 aliphatic rings. The topological polar surface area (TPSA) is 33.1 Å². The largest absolute Gasteiger partial charge is 0.387 e. The van der Waals surface area contributed by atoms with Gasteiger partial charge in [-0.05, 0) is 6.42 Å². The summed E-state index contributed by atoms with van der Waals surface area (Å²) < 4.78 is 0. The highest BCUT2D eigenvalue weighted by molar-refractivity contribution is 7.07. The van der Waals surface area contributed by atoms with Gasteiger partial charge in [0.25, 0.3) is 0 Å². The molecule has 1 aromatic heterocycles. The van der Waals surface area contributed by atoms with E-state index in [2.05, 4.69) is 4.98 Å². The Morgan fingerprint density at radius 1 is 1.89 bits per heavy atom. The van der Waals surface area contributed by atoms with E-state index in [1.165, 1.54) is 11.3 Å². The van der Waals surface area contributed by atoms with E-state index in [0.717, 1.165) is 12.1 Å². The maximum Gasteiger partial charge on any atom is 0.0965 e. The lowest BCUT2D eigenvalue weighted by Gasteiger charge is -2.00. The Morgan fingerprint density at radius 2 is 2.67 bits per heavy atom. The molecule has 0 saturated heterocycles. The van der Waals surface area contributed by atoms with Gasteiger partial charge in [0.2, 0.25) is 0 Å². The molecule has 0 aromatic carbocycles. The van der Waals surface area contributed by atoms with Crippen LogP contribution >= 0.6 is 11.3 Å².